The maximum atomic E-state index is 4.90. The fourth-order valence-corrected chi connectivity index (χ4v) is 5.70. The first kappa shape index (κ1) is 29.6. The molecule has 3 nitrogen and oxygen atoms in total. The number of anilines is 1. The first-order valence-electron chi connectivity index (χ1n) is 15.2. The molecule has 1 aromatic heterocycles. The Kier molecular flexibility index (Phi) is 10.3. The van der Waals surface area contributed by atoms with E-state index in [2.05, 4.69) is 125 Å². The minimum absolute atomic E-state index is 0.666. The van der Waals surface area contributed by atoms with E-state index >= 15 is 0 Å². The van der Waals surface area contributed by atoms with Crippen molar-refractivity contribution in [3.05, 3.63) is 95.6 Å². The van der Waals surface area contributed by atoms with Crippen LogP contribution in [0.3, 0.4) is 0 Å². The summed E-state index contributed by atoms with van der Waals surface area (Å²) in [6.45, 7) is 17.1. The molecular formula is C37H49N3. The normalized spacial score (nSPS) is 15.2. The lowest BCUT2D eigenvalue weighted by atomic mass is 9.90. The van der Waals surface area contributed by atoms with Crippen molar-refractivity contribution >= 4 is 16.6 Å². The average Bonchev–Trinajstić information content (AvgIpc) is 3.72. The van der Waals surface area contributed by atoms with Gasteiger partial charge in [-0.1, -0.05) is 105 Å². The Labute approximate surface area is 242 Å². The van der Waals surface area contributed by atoms with Crippen molar-refractivity contribution in [2.24, 2.45) is 18.9 Å². The third kappa shape index (κ3) is 7.44. The van der Waals surface area contributed by atoms with Crippen LogP contribution >= 0.6 is 0 Å². The van der Waals surface area contributed by atoms with Gasteiger partial charge in [-0.25, -0.2) is 0 Å². The number of aromatic nitrogens is 2. The predicted octanol–water partition coefficient (Wildman–Crippen LogP) is 9.84. The molecule has 212 valence electrons. The molecular weight excluding hydrogens is 486 g/mol. The highest BCUT2D eigenvalue weighted by Crippen LogP contribution is 2.36. The average molecular weight is 536 g/mol. The number of rotatable bonds is 5. The van der Waals surface area contributed by atoms with E-state index in [0.29, 0.717) is 5.92 Å². The molecule has 3 heteroatoms. The lowest BCUT2D eigenvalue weighted by Gasteiger charge is -2.34. The predicted molar refractivity (Wildman–Crippen MR) is 174 cm³/mol. The molecule has 0 radical (unpaired) electrons. The zero-order valence-electron chi connectivity index (χ0n) is 25.7. The molecule has 1 saturated carbocycles. The Morgan fingerprint density at radius 3 is 1.93 bits per heavy atom. The van der Waals surface area contributed by atoms with Crippen molar-refractivity contribution in [1.82, 2.24) is 9.78 Å². The van der Waals surface area contributed by atoms with Crippen LogP contribution in [0.4, 0.5) is 5.69 Å². The van der Waals surface area contributed by atoms with Gasteiger partial charge in [0.2, 0.25) is 0 Å². The van der Waals surface area contributed by atoms with Gasteiger partial charge >= 0.3 is 0 Å². The standard InChI is InChI=1S/C23H27N3.C8H10.C6H12/c1-16(2)18-12-14-26(15-13-18)21-11-7-10-20-22(24-25(4)23(20)21)19-9-6-5-8-17(19)3;1-7-5-3-4-6-8(7)2;1-2-3-6-4-5-6/h5-11,18H,1,12-15H2,2-4H3;3-6H,1-2H3;6H,2-5H2,1H3. The lowest BCUT2D eigenvalue weighted by Crippen LogP contribution is -2.34. The number of hydrogen-bond acceptors (Lipinski definition) is 2. The number of nitrogens with zero attached hydrogens (tertiary/aromatic N) is 3. The van der Waals surface area contributed by atoms with Gasteiger partial charge < -0.3 is 4.90 Å². The maximum absolute atomic E-state index is 4.90. The van der Waals surface area contributed by atoms with Crippen LogP contribution in [0.15, 0.2) is 78.9 Å². The van der Waals surface area contributed by atoms with Gasteiger partial charge in [0.05, 0.1) is 11.2 Å². The van der Waals surface area contributed by atoms with Crippen molar-refractivity contribution in [2.45, 2.75) is 73.1 Å². The van der Waals surface area contributed by atoms with Gasteiger partial charge in [-0.15, -0.1) is 0 Å². The number of benzene rings is 3. The van der Waals surface area contributed by atoms with Gasteiger partial charge in [0.25, 0.3) is 0 Å². The summed E-state index contributed by atoms with van der Waals surface area (Å²) >= 11 is 0. The molecule has 40 heavy (non-hydrogen) atoms. The van der Waals surface area contributed by atoms with E-state index < -0.39 is 0 Å². The fraction of sp³-hybridized carbons (Fsp3) is 0.432. The molecule has 1 saturated heterocycles. The van der Waals surface area contributed by atoms with Crippen LogP contribution in [-0.4, -0.2) is 22.9 Å². The molecule has 0 spiro atoms. The van der Waals surface area contributed by atoms with Gasteiger partial charge in [0.1, 0.15) is 5.69 Å². The minimum Gasteiger partial charge on any atom is -0.370 e. The van der Waals surface area contributed by atoms with E-state index in [1.54, 1.807) is 0 Å². The summed E-state index contributed by atoms with van der Waals surface area (Å²) in [4.78, 5) is 2.52. The first-order valence-corrected chi connectivity index (χ1v) is 15.2. The fourth-order valence-electron chi connectivity index (χ4n) is 5.70. The van der Waals surface area contributed by atoms with E-state index in [4.69, 9.17) is 5.10 Å². The van der Waals surface area contributed by atoms with Crippen LogP contribution in [0.2, 0.25) is 0 Å². The third-order valence-electron chi connectivity index (χ3n) is 8.60. The molecule has 4 aromatic rings. The highest BCUT2D eigenvalue weighted by atomic mass is 15.3. The number of para-hydroxylation sites is 1. The van der Waals surface area contributed by atoms with Gasteiger partial charge in [-0.2, -0.15) is 5.10 Å². The van der Waals surface area contributed by atoms with Crippen molar-refractivity contribution < 1.29 is 0 Å². The monoisotopic (exact) mass is 535 g/mol. The SMILES string of the molecule is C=C(C)C1CCN(c2cccc3c(-c4ccccc4C)nn(C)c23)CC1.CCCC1CC1.Cc1ccccc1C. The second kappa shape index (κ2) is 13.8. The topological polar surface area (TPSA) is 21.1 Å². The Morgan fingerprint density at radius 2 is 1.43 bits per heavy atom. The molecule has 2 fully saturated rings. The van der Waals surface area contributed by atoms with Crippen molar-refractivity contribution in [1.29, 1.82) is 0 Å². The van der Waals surface area contributed by atoms with Crippen molar-refractivity contribution in [2.75, 3.05) is 18.0 Å². The van der Waals surface area contributed by atoms with Gasteiger partial charge in [0.15, 0.2) is 0 Å². The van der Waals surface area contributed by atoms with Crippen LogP contribution < -0.4 is 4.90 Å². The Bertz CT molecular complexity index is 1380. The van der Waals surface area contributed by atoms with E-state index in [0.717, 1.165) is 24.7 Å². The molecule has 3 aromatic carbocycles. The van der Waals surface area contributed by atoms with Gasteiger partial charge in [-0.05, 0) is 75.1 Å². The summed E-state index contributed by atoms with van der Waals surface area (Å²) in [5.41, 5.74) is 10.2. The quantitative estimate of drug-likeness (QED) is 0.237. The third-order valence-corrected chi connectivity index (χ3v) is 8.60. The molecule has 0 N–H and O–H groups in total. The van der Waals surface area contributed by atoms with E-state index in [9.17, 15) is 0 Å². The van der Waals surface area contributed by atoms with Crippen LogP contribution in [0.5, 0.6) is 0 Å². The van der Waals surface area contributed by atoms with Crippen LogP contribution in [-0.2, 0) is 7.05 Å². The molecule has 0 atom stereocenters. The Balaban J connectivity index is 0.000000215. The number of aryl methyl sites for hydroxylation is 4. The number of fused-ring (bicyclic) bond motifs is 1. The smallest absolute Gasteiger partial charge is 0.100 e. The number of allylic oxidation sites excluding steroid dienone is 1. The number of hydrogen-bond donors (Lipinski definition) is 0. The Morgan fingerprint density at radius 1 is 0.825 bits per heavy atom. The highest BCUT2D eigenvalue weighted by Gasteiger charge is 2.23. The molecule has 0 bridgehead atoms. The Hall–Kier alpha value is -3.33. The second-order valence-electron chi connectivity index (χ2n) is 11.9. The summed E-state index contributed by atoms with van der Waals surface area (Å²) in [6, 6.07) is 23.5. The summed E-state index contributed by atoms with van der Waals surface area (Å²) in [5, 5.41) is 6.13. The first-order chi connectivity index (χ1) is 19.3. The van der Waals surface area contributed by atoms with Gasteiger partial charge in [-0.3, -0.25) is 4.68 Å². The second-order valence-corrected chi connectivity index (χ2v) is 11.9. The molecule has 0 amide bonds. The molecule has 1 aliphatic carbocycles. The zero-order chi connectivity index (χ0) is 28.6. The summed E-state index contributed by atoms with van der Waals surface area (Å²) in [7, 11) is 2.06. The minimum atomic E-state index is 0.666. The van der Waals surface area contributed by atoms with E-state index in [-0.39, 0.29) is 0 Å². The summed E-state index contributed by atoms with van der Waals surface area (Å²) in [5.74, 6) is 1.81. The van der Waals surface area contributed by atoms with Crippen molar-refractivity contribution in [3.63, 3.8) is 0 Å². The van der Waals surface area contributed by atoms with Crippen LogP contribution in [0.25, 0.3) is 22.2 Å². The zero-order valence-corrected chi connectivity index (χ0v) is 25.7. The largest absolute Gasteiger partial charge is 0.370 e. The highest BCUT2D eigenvalue weighted by molar-refractivity contribution is 6.00. The molecule has 2 heterocycles. The van der Waals surface area contributed by atoms with Gasteiger partial charge in [0, 0.05) is 31.1 Å². The molecule has 2 aliphatic rings. The lowest BCUT2D eigenvalue weighted by molar-refractivity contribution is 0.460. The molecule has 1 aliphatic heterocycles. The molecule has 6 rings (SSSR count). The van der Waals surface area contributed by atoms with E-state index in [1.807, 2.05) is 0 Å². The summed E-state index contributed by atoms with van der Waals surface area (Å²) in [6.07, 6.45) is 8.30. The van der Waals surface area contributed by atoms with Crippen molar-refractivity contribution in [3.8, 4) is 11.3 Å². The van der Waals surface area contributed by atoms with E-state index in [1.165, 1.54) is 82.9 Å². The summed E-state index contributed by atoms with van der Waals surface area (Å²) < 4.78 is 2.05. The van der Waals surface area contributed by atoms with Crippen LogP contribution in [0, 0.1) is 32.6 Å². The molecule has 0 unspecified atom stereocenters. The number of piperidine rings is 1. The maximum Gasteiger partial charge on any atom is 0.100 e. The van der Waals surface area contributed by atoms with Crippen LogP contribution in [0.1, 0.15) is 69.1 Å².